The van der Waals surface area contributed by atoms with E-state index in [1.54, 1.807) is 18.2 Å². The van der Waals surface area contributed by atoms with Crippen LogP contribution in [0.1, 0.15) is 5.56 Å². The van der Waals surface area contributed by atoms with Crippen molar-refractivity contribution in [1.82, 2.24) is 4.90 Å². The zero-order valence-electron chi connectivity index (χ0n) is 7.41. The highest BCUT2D eigenvalue weighted by molar-refractivity contribution is 5.53. The van der Waals surface area contributed by atoms with Crippen LogP contribution in [0.5, 0.6) is 5.75 Å². The van der Waals surface area contributed by atoms with Crippen LogP contribution in [0.25, 0.3) is 0 Å². The van der Waals surface area contributed by atoms with Crippen molar-refractivity contribution in [1.29, 1.82) is 0 Å². The summed E-state index contributed by atoms with van der Waals surface area (Å²) in [6, 6.07) is 5.18. The van der Waals surface area contributed by atoms with Crippen LogP contribution in [0, 0.1) is 0 Å². The van der Waals surface area contributed by atoms with Gasteiger partial charge in [-0.1, -0.05) is 6.07 Å². The molecule has 0 unspecified atom stereocenters. The molecule has 1 rings (SSSR count). The molecule has 0 bridgehead atoms. The number of nitrogens with two attached hydrogens (primary N) is 1. The van der Waals surface area contributed by atoms with Crippen molar-refractivity contribution in [2.75, 3.05) is 19.8 Å². The number of nitrogens with zero attached hydrogens (tertiary/aromatic N) is 1. The average Bonchev–Trinajstić information content (AvgIpc) is 1.97. The lowest BCUT2D eigenvalue weighted by Crippen LogP contribution is -2.12. The summed E-state index contributed by atoms with van der Waals surface area (Å²) in [7, 11) is 3.87. The van der Waals surface area contributed by atoms with E-state index in [9.17, 15) is 5.11 Å². The van der Waals surface area contributed by atoms with Gasteiger partial charge in [-0.05, 0) is 26.2 Å². The van der Waals surface area contributed by atoms with Crippen molar-refractivity contribution < 1.29 is 5.11 Å². The number of benzene rings is 1. The minimum absolute atomic E-state index is 0.267. The number of aromatic hydroxyl groups is 1. The molecule has 0 atom stereocenters. The maximum Gasteiger partial charge on any atom is 0.122 e. The van der Waals surface area contributed by atoms with Gasteiger partial charge < -0.3 is 15.7 Å². The normalized spacial score (nSPS) is 10.6. The van der Waals surface area contributed by atoms with Gasteiger partial charge in [0, 0.05) is 17.8 Å². The number of rotatable bonds is 2. The Kier molecular flexibility index (Phi) is 2.55. The molecular formula is C9H14N2O. The van der Waals surface area contributed by atoms with Crippen LogP contribution in [0.3, 0.4) is 0 Å². The lowest BCUT2D eigenvalue weighted by Gasteiger charge is -2.12. The number of anilines is 1. The fourth-order valence-corrected chi connectivity index (χ4v) is 1.08. The Morgan fingerprint density at radius 2 is 2.08 bits per heavy atom. The summed E-state index contributed by atoms with van der Waals surface area (Å²) in [5.74, 6) is 0.267. The molecule has 0 saturated carbocycles. The zero-order chi connectivity index (χ0) is 9.14. The number of phenolic OH excluding ortho intramolecular Hbond substituents is 1. The van der Waals surface area contributed by atoms with Crippen molar-refractivity contribution in [2.24, 2.45) is 0 Å². The van der Waals surface area contributed by atoms with Crippen LogP contribution in [0.15, 0.2) is 18.2 Å². The molecule has 0 spiro atoms. The molecule has 3 N–H and O–H groups in total. The van der Waals surface area contributed by atoms with Crippen LogP contribution < -0.4 is 5.73 Å². The van der Waals surface area contributed by atoms with Gasteiger partial charge in [0.1, 0.15) is 5.75 Å². The smallest absolute Gasteiger partial charge is 0.122 e. The predicted molar refractivity (Wildman–Crippen MR) is 49.9 cm³/mol. The summed E-state index contributed by atoms with van der Waals surface area (Å²) in [5, 5.41) is 9.43. The van der Waals surface area contributed by atoms with Crippen molar-refractivity contribution in [2.45, 2.75) is 6.54 Å². The lowest BCUT2D eigenvalue weighted by molar-refractivity contribution is 0.387. The summed E-state index contributed by atoms with van der Waals surface area (Å²) in [5.41, 5.74) is 7.12. The summed E-state index contributed by atoms with van der Waals surface area (Å²) in [4.78, 5) is 1.96. The van der Waals surface area contributed by atoms with E-state index in [0.29, 0.717) is 12.2 Å². The Hall–Kier alpha value is -1.22. The van der Waals surface area contributed by atoms with Crippen molar-refractivity contribution in [3.8, 4) is 5.75 Å². The van der Waals surface area contributed by atoms with Gasteiger partial charge in [0.15, 0.2) is 0 Å². The summed E-state index contributed by atoms with van der Waals surface area (Å²) < 4.78 is 0. The van der Waals surface area contributed by atoms with Crippen LogP contribution >= 0.6 is 0 Å². The lowest BCUT2D eigenvalue weighted by atomic mass is 10.1. The highest BCUT2D eigenvalue weighted by atomic mass is 16.3. The quantitative estimate of drug-likeness (QED) is 0.645. The van der Waals surface area contributed by atoms with Gasteiger partial charge in [-0.15, -0.1) is 0 Å². The van der Waals surface area contributed by atoms with E-state index in [-0.39, 0.29) is 5.75 Å². The SMILES string of the molecule is CN(C)Cc1c(N)cccc1O. The molecule has 0 saturated heterocycles. The number of phenols is 1. The third-order valence-corrected chi connectivity index (χ3v) is 1.66. The molecule has 0 aliphatic heterocycles. The molecule has 12 heavy (non-hydrogen) atoms. The van der Waals surface area contributed by atoms with Crippen LogP contribution in [0.2, 0.25) is 0 Å². The van der Waals surface area contributed by atoms with E-state index < -0.39 is 0 Å². The third-order valence-electron chi connectivity index (χ3n) is 1.66. The van der Waals surface area contributed by atoms with Gasteiger partial charge in [0.05, 0.1) is 0 Å². The van der Waals surface area contributed by atoms with E-state index in [4.69, 9.17) is 5.73 Å². The van der Waals surface area contributed by atoms with E-state index in [2.05, 4.69) is 0 Å². The molecule has 3 heteroatoms. The number of hydrogen-bond donors (Lipinski definition) is 2. The van der Waals surface area contributed by atoms with E-state index in [1.807, 2.05) is 19.0 Å². The highest BCUT2D eigenvalue weighted by Gasteiger charge is 2.04. The molecule has 3 nitrogen and oxygen atoms in total. The van der Waals surface area contributed by atoms with Crippen molar-refractivity contribution in [3.05, 3.63) is 23.8 Å². The summed E-state index contributed by atoms with van der Waals surface area (Å²) >= 11 is 0. The maximum atomic E-state index is 9.43. The van der Waals surface area contributed by atoms with Gasteiger partial charge in [-0.25, -0.2) is 0 Å². The summed E-state index contributed by atoms with van der Waals surface area (Å²) in [6.07, 6.45) is 0. The Morgan fingerprint density at radius 1 is 1.42 bits per heavy atom. The van der Waals surface area contributed by atoms with Gasteiger partial charge >= 0.3 is 0 Å². The van der Waals surface area contributed by atoms with Gasteiger partial charge in [0.2, 0.25) is 0 Å². The minimum atomic E-state index is 0.267. The monoisotopic (exact) mass is 166 g/mol. The van der Waals surface area contributed by atoms with Crippen LogP contribution in [0.4, 0.5) is 5.69 Å². The molecule has 66 valence electrons. The Bertz CT molecular complexity index is 251. The number of hydrogen-bond acceptors (Lipinski definition) is 3. The molecule has 0 aliphatic rings. The molecule has 1 aromatic carbocycles. The zero-order valence-corrected chi connectivity index (χ0v) is 7.41. The molecule has 0 heterocycles. The third kappa shape index (κ3) is 1.89. The standard InChI is InChI=1S/C9H14N2O/c1-11(2)6-7-8(10)4-3-5-9(7)12/h3-5,12H,6,10H2,1-2H3. The molecule has 0 fully saturated rings. The second-order valence-corrected chi connectivity index (χ2v) is 3.08. The van der Waals surface area contributed by atoms with Crippen LogP contribution in [-0.4, -0.2) is 24.1 Å². The van der Waals surface area contributed by atoms with E-state index in [1.165, 1.54) is 0 Å². The summed E-state index contributed by atoms with van der Waals surface area (Å²) in [6.45, 7) is 0.665. The molecule has 0 aromatic heterocycles. The predicted octanol–water partition coefficient (Wildman–Crippen LogP) is 1.04. The fraction of sp³-hybridized carbons (Fsp3) is 0.333. The van der Waals surface area contributed by atoms with Gasteiger partial charge in [-0.3, -0.25) is 0 Å². The second-order valence-electron chi connectivity index (χ2n) is 3.08. The Morgan fingerprint density at radius 3 is 2.58 bits per heavy atom. The first-order valence-corrected chi connectivity index (χ1v) is 3.82. The van der Waals surface area contributed by atoms with Gasteiger partial charge in [0.25, 0.3) is 0 Å². The Balaban J connectivity index is 2.96. The topological polar surface area (TPSA) is 49.5 Å². The Labute approximate surface area is 72.4 Å². The highest BCUT2D eigenvalue weighted by Crippen LogP contribution is 2.23. The molecule has 0 aliphatic carbocycles. The van der Waals surface area contributed by atoms with E-state index >= 15 is 0 Å². The molecule has 0 amide bonds. The molecule has 0 radical (unpaired) electrons. The minimum Gasteiger partial charge on any atom is -0.508 e. The fourth-order valence-electron chi connectivity index (χ4n) is 1.08. The first-order valence-electron chi connectivity index (χ1n) is 3.82. The van der Waals surface area contributed by atoms with E-state index in [0.717, 1.165) is 5.56 Å². The van der Waals surface area contributed by atoms with Crippen molar-refractivity contribution in [3.63, 3.8) is 0 Å². The van der Waals surface area contributed by atoms with Crippen molar-refractivity contribution >= 4 is 5.69 Å². The van der Waals surface area contributed by atoms with Crippen LogP contribution in [-0.2, 0) is 6.54 Å². The first kappa shape index (κ1) is 8.87. The maximum absolute atomic E-state index is 9.43. The number of nitrogen functional groups attached to an aromatic ring is 1. The van der Waals surface area contributed by atoms with Gasteiger partial charge in [-0.2, -0.15) is 0 Å². The molecule has 1 aromatic rings. The first-order chi connectivity index (χ1) is 5.61. The average molecular weight is 166 g/mol. The largest absolute Gasteiger partial charge is 0.508 e. The second kappa shape index (κ2) is 3.45. The molecular weight excluding hydrogens is 152 g/mol.